The molecule has 0 amide bonds. The monoisotopic (exact) mass is 1130 g/mol. The van der Waals surface area contributed by atoms with Crippen LogP contribution in [0.2, 0.25) is 0 Å². The zero-order valence-electron chi connectivity index (χ0n) is 48.9. The first-order valence-electron chi connectivity index (χ1n) is 27.5. The number of nitrogens with zero attached hydrogens (tertiary/aromatic N) is 4. The average molecular weight is 1130 g/mol. The molecule has 3 fully saturated rings. The molecular weight excluding hydrogens is 1030 g/mol. The summed E-state index contributed by atoms with van der Waals surface area (Å²) in [6.45, 7) is 18.0. The van der Waals surface area contributed by atoms with Crippen LogP contribution in [0.3, 0.4) is 0 Å². The van der Waals surface area contributed by atoms with Crippen LogP contribution in [0, 0.1) is 17.8 Å². The minimum absolute atomic E-state index is 0.0486. The van der Waals surface area contributed by atoms with Gasteiger partial charge in [0.05, 0.1) is 52.8 Å². The molecule has 18 atom stereocenters. The van der Waals surface area contributed by atoms with E-state index in [9.17, 15) is 48.3 Å². The first kappa shape index (κ1) is 65.4. The standard InChI is InChI=1S/C55H93N5O17S/c1-17-42-55(10,68)47(63)35(6)59(15)29-31(2)27-53(8,67)48(76-52-45(62)41(57(11)12)25-32(3)72-52)33(4)46(34(5)51(66)74-42)75-43-28-54(9,71-16)49(36(7)73-43)77-78(69,70)24-23-56-22-18-19-37-20-21-40-38(26-37)44(61)39(50(64)65)30-60(40)58(13)14/h20-21,26,30-36,41-43,45-49,52,56,62-63,67-68H,17-19,22-25,27-29H2,1-16H3,(H,64,65)/t31-,32-,33+,34-,35-,36+,41+,42-,43+,45-,46+,47-,48-,49+,52+,53-,54-,55-/m1/s1. The highest BCUT2D eigenvalue weighted by molar-refractivity contribution is 7.86. The van der Waals surface area contributed by atoms with E-state index in [4.69, 9.17) is 32.6 Å². The maximum absolute atomic E-state index is 14.6. The fourth-order valence-electron chi connectivity index (χ4n) is 11.8. The number of methoxy groups -OCH3 is 1. The highest BCUT2D eigenvalue weighted by Crippen LogP contribution is 2.41. The molecule has 4 heterocycles. The number of benzene rings is 1. The Balaban J connectivity index is 1.36. The van der Waals surface area contributed by atoms with Crippen molar-refractivity contribution in [1.82, 2.24) is 19.8 Å². The highest BCUT2D eigenvalue weighted by atomic mass is 32.2. The Bertz CT molecular complexity index is 2490. The van der Waals surface area contributed by atoms with Gasteiger partial charge >= 0.3 is 11.9 Å². The van der Waals surface area contributed by atoms with Crippen molar-refractivity contribution >= 4 is 33.0 Å². The molecule has 0 radical (unpaired) electrons. The van der Waals surface area contributed by atoms with Crippen LogP contribution in [0.1, 0.15) is 117 Å². The van der Waals surface area contributed by atoms with Crippen molar-refractivity contribution in [2.45, 2.75) is 198 Å². The molecule has 78 heavy (non-hydrogen) atoms. The first-order valence-corrected chi connectivity index (χ1v) is 29.0. The van der Waals surface area contributed by atoms with Crippen LogP contribution in [-0.2, 0) is 53.9 Å². The molecule has 0 unspecified atom stereocenters. The number of fused-ring (bicyclic) bond motifs is 1. The van der Waals surface area contributed by atoms with E-state index in [2.05, 4.69) is 5.32 Å². The maximum atomic E-state index is 14.6. The molecule has 1 aromatic carbocycles. The van der Waals surface area contributed by atoms with E-state index in [1.165, 1.54) is 20.2 Å². The molecule has 6 N–H and O–H groups in total. The number of hydrogen-bond donors (Lipinski definition) is 6. The molecule has 5 rings (SSSR count). The summed E-state index contributed by atoms with van der Waals surface area (Å²) in [5.74, 6) is -4.74. The molecule has 446 valence electrons. The third-order valence-corrected chi connectivity index (χ3v) is 17.7. The summed E-state index contributed by atoms with van der Waals surface area (Å²) in [6.07, 6.45) is -7.63. The van der Waals surface area contributed by atoms with Gasteiger partial charge in [-0.1, -0.05) is 26.8 Å². The Labute approximate surface area is 461 Å². The summed E-state index contributed by atoms with van der Waals surface area (Å²) < 4.78 is 73.4. The van der Waals surface area contributed by atoms with E-state index in [0.717, 1.165) is 5.56 Å². The highest BCUT2D eigenvalue weighted by Gasteiger charge is 2.54. The van der Waals surface area contributed by atoms with Gasteiger partial charge in [0, 0.05) is 70.3 Å². The van der Waals surface area contributed by atoms with Crippen LogP contribution in [0.15, 0.2) is 29.2 Å². The van der Waals surface area contributed by atoms with E-state index >= 15 is 0 Å². The molecule has 2 aromatic rings. The molecule has 0 saturated carbocycles. The van der Waals surface area contributed by atoms with Crippen LogP contribution in [0.5, 0.6) is 0 Å². The minimum atomic E-state index is -4.21. The summed E-state index contributed by atoms with van der Waals surface area (Å²) in [5, 5.41) is 62.9. The molecule has 1 aromatic heterocycles. The Morgan fingerprint density at radius 2 is 1.62 bits per heavy atom. The smallest absolute Gasteiger partial charge is 0.341 e. The first-order chi connectivity index (χ1) is 36.2. The summed E-state index contributed by atoms with van der Waals surface area (Å²) in [5.41, 5.74) is -4.44. The zero-order valence-corrected chi connectivity index (χ0v) is 49.7. The van der Waals surface area contributed by atoms with Gasteiger partial charge in [-0.15, -0.1) is 0 Å². The molecule has 3 saturated heterocycles. The lowest BCUT2D eigenvalue weighted by Crippen LogP contribution is -2.61. The molecule has 22 nitrogen and oxygen atoms in total. The number of hydrogen-bond acceptors (Lipinski definition) is 20. The number of cyclic esters (lactones) is 1. The number of aromatic carboxylic acids is 1. The predicted octanol–water partition coefficient (Wildman–Crippen LogP) is 2.69. The number of carbonyl (C=O) groups excluding carboxylic acids is 1. The van der Waals surface area contributed by atoms with Gasteiger partial charge < -0.3 is 74.1 Å². The fraction of sp³-hybridized carbons (Fsp3) is 0.800. The Hall–Kier alpha value is -3.40. The summed E-state index contributed by atoms with van der Waals surface area (Å²) in [6, 6.07) is 4.38. The van der Waals surface area contributed by atoms with Gasteiger partial charge in [0.15, 0.2) is 12.6 Å². The number of aliphatic hydroxyl groups is 4. The van der Waals surface area contributed by atoms with Crippen molar-refractivity contribution in [3.05, 3.63) is 45.7 Å². The largest absolute Gasteiger partial charge is 0.477 e. The normalized spacial score (nSPS) is 37.2. The minimum Gasteiger partial charge on any atom is -0.477 e. The average Bonchev–Trinajstić information content (AvgIpc) is 3.35. The lowest BCUT2D eigenvalue weighted by molar-refractivity contribution is -0.316. The van der Waals surface area contributed by atoms with Crippen molar-refractivity contribution in [3.8, 4) is 0 Å². The van der Waals surface area contributed by atoms with Crippen molar-refractivity contribution in [2.75, 3.05) is 72.7 Å². The molecular formula is C55H93N5O17S. The molecule has 3 aliphatic rings. The van der Waals surface area contributed by atoms with Gasteiger partial charge in [0.2, 0.25) is 5.43 Å². The number of carboxylic acid groups (broad SMARTS) is 1. The Morgan fingerprint density at radius 1 is 0.949 bits per heavy atom. The maximum Gasteiger partial charge on any atom is 0.341 e. The fourth-order valence-corrected chi connectivity index (χ4v) is 13.0. The molecule has 0 spiro atoms. The van der Waals surface area contributed by atoms with E-state index in [1.54, 1.807) is 84.4 Å². The Kier molecular flexibility index (Phi) is 22.4. The van der Waals surface area contributed by atoms with Crippen molar-refractivity contribution in [1.29, 1.82) is 0 Å². The van der Waals surface area contributed by atoms with E-state index < -0.39 is 123 Å². The number of likely N-dealkylation sites (N-methyl/N-ethyl adjacent to an activating group) is 2. The summed E-state index contributed by atoms with van der Waals surface area (Å²) in [7, 11) is 6.23. The van der Waals surface area contributed by atoms with Gasteiger partial charge in [0.25, 0.3) is 10.1 Å². The molecule has 23 heteroatoms. The number of esters is 1. The second-order valence-electron chi connectivity index (χ2n) is 23.6. The van der Waals surface area contributed by atoms with E-state index in [-0.39, 0.29) is 54.8 Å². The Morgan fingerprint density at radius 3 is 2.22 bits per heavy atom. The second-order valence-corrected chi connectivity index (χ2v) is 25.3. The van der Waals surface area contributed by atoms with Crippen LogP contribution in [-0.4, -0.2) is 218 Å². The lowest BCUT2D eigenvalue weighted by Gasteiger charge is -2.49. The van der Waals surface area contributed by atoms with Gasteiger partial charge in [-0.25, -0.2) is 4.79 Å². The van der Waals surface area contributed by atoms with Crippen LogP contribution in [0.4, 0.5) is 0 Å². The van der Waals surface area contributed by atoms with Crippen LogP contribution < -0.4 is 15.8 Å². The second kappa shape index (κ2) is 26.7. The summed E-state index contributed by atoms with van der Waals surface area (Å²) >= 11 is 0. The quantitative estimate of drug-likeness (QED) is 0.0711. The number of aryl methyl sites for hydroxylation is 1. The van der Waals surface area contributed by atoms with Gasteiger partial charge in [-0.05, 0) is 132 Å². The predicted molar refractivity (Wildman–Crippen MR) is 293 cm³/mol. The molecule has 3 aliphatic heterocycles. The number of rotatable bonds is 18. The number of aromatic nitrogens is 1. The van der Waals surface area contributed by atoms with Crippen molar-refractivity contribution in [2.24, 2.45) is 17.8 Å². The van der Waals surface area contributed by atoms with Gasteiger partial charge in [-0.3, -0.25) is 18.4 Å². The molecule has 0 aliphatic carbocycles. The van der Waals surface area contributed by atoms with Gasteiger partial charge in [0.1, 0.15) is 35.6 Å². The van der Waals surface area contributed by atoms with E-state index in [1.807, 2.05) is 50.9 Å². The van der Waals surface area contributed by atoms with Crippen LogP contribution in [0.25, 0.3) is 10.9 Å². The number of ether oxygens (including phenoxy) is 6. The van der Waals surface area contributed by atoms with Crippen LogP contribution >= 0.6 is 0 Å². The SMILES string of the molecule is CC[C@H]1OC(=O)[C@H](C)[C@@H](O[C@H]2C[C@@](C)(OC)[C@@H](OS(=O)(=O)CCNCCCc3ccc4c(c3)c(=O)c(C(=O)O)cn4N(C)C)[C@H](C)O2)[C@H](C)[C@@H](O[C@@H]2O[C@H](C)C[C@H](N(C)C)[C@H]2O)[C@](C)(O)C[C@@H](C)CN(C)[C@H](C)[C@@H](O)[C@]1(C)O. The van der Waals surface area contributed by atoms with Gasteiger partial charge in [-0.2, -0.15) is 8.42 Å². The third-order valence-electron chi connectivity index (χ3n) is 16.5. The third kappa shape index (κ3) is 15.4. The van der Waals surface area contributed by atoms with E-state index in [0.29, 0.717) is 37.9 Å². The molecule has 0 bridgehead atoms. The van der Waals surface area contributed by atoms with Crippen molar-refractivity contribution in [3.63, 3.8) is 0 Å². The number of carbonyl (C=O) groups is 2. The number of pyridine rings is 1. The number of nitrogens with one attached hydrogen (secondary N) is 1. The topological polar surface area (TPSA) is 278 Å². The number of carboxylic acids is 1. The lowest BCUT2D eigenvalue weighted by atomic mass is 9.77. The number of aliphatic hydroxyl groups excluding tert-OH is 2. The summed E-state index contributed by atoms with van der Waals surface area (Å²) in [4.78, 5) is 43.3. The zero-order chi connectivity index (χ0) is 58.6. The van der Waals surface area contributed by atoms with Crippen molar-refractivity contribution < 1.29 is 76.1 Å².